The summed E-state index contributed by atoms with van der Waals surface area (Å²) in [6, 6.07) is 16.4. The molecule has 25 heavy (non-hydrogen) atoms. The SMILES string of the molecule is CCCCOc1ccccc1NCCOc1ccc(C(C)(C)C)cc1. The molecule has 1 N–H and O–H groups in total. The number of anilines is 1. The fourth-order valence-electron chi connectivity index (χ4n) is 2.47. The summed E-state index contributed by atoms with van der Waals surface area (Å²) in [7, 11) is 0. The smallest absolute Gasteiger partial charge is 0.142 e. The molecule has 0 amide bonds. The molecule has 0 aliphatic carbocycles. The van der Waals surface area contributed by atoms with E-state index in [2.05, 4.69) is 45.1 Å². The number of para-hydroxylation sites is 2. The van der Waals surface area contributed by atoms with Gasteiger partial charge in [-0.15, -0.1) is 0 Å². The van der Waals surface area contributed by atoms with Crippen LogP contribution in [0.5, 0.6) is 11.5 Å². The maximum atomic E-state index is 5.83. The van der Waals surface area contributed by atoms with Crippen LogP contribution in [0.3, 0.4) is 0 Å². The van der Waals surface area contributed by atoms with Crippen molar-refractivity contribution in [3.63, 3.8) is 0 Å². The molecule has 0 saturated carbocycles. The van der Waals surface area contributed by atoms with Crippen molar-refractivity contribution in [2.45, 2.75) is 46.0 Å². The first-order valence-electron chi connectivity index (χ1n) is 9.19. The Morgan fingerprint density at radius 2 is 1.60 bits per heavy atom. The summed E-state index contributed by atoms with van der Waals surface area (Å²) in [6.07, 6.45) is 2.21. The third kappa shape index (κ3) is 6.33. The van der Waals surface area contributed by atoms with Gasteiger partial charge >= 0.3 is 0 Å². The van der Waals surface area contributed by atoms with E-state index >= 15 is 0 Å². The number of unbranched alkanes of at least 4 members (excludes halogenated alkanes) is 1. The Labute approximate surface area is 152 Å². The average Bonchev–Trinajstić information content (AvgIpc) is 2.60. The lowest BCUT2D eigenvalue weighted by molar-refractivity contribution is 0.309. The summed E-state index contributed by atoms with van der Waals surface area (Å²) in [5.74, 6) is 1.81. The summed E-state index contributed by atoms with van der Waals surface area (Å²) < 4.78 is 11.7. The number of hydrogen-bond donors (Lipinski definition) is 1. The van der Waals surface area contributed by atoms with Crippen molar-refractivity contribution in [2.24, 2.45) is 0 Å². The monoisotopic (exact) mass is 341 g/mol. The van der Waals surface area contributed by atoms with Gasteiger partial charge in [-0.25, -0.2) is 0 Å². The van der Waals surface area contributed by atoms with Gasteiger partial charge in [0.05, 0.1) is 12.3 Å². The topological polar surface area (TPSA) is 30.5 Å². The highest BCUT2D eigenvalue weighted by molar-refractivity contribution is 5.56. The maximum absolute atomic E-state index is 5.83. The van der Waals surface area contributed by atoms with Gasteiger partial charge < -0.3 is 14.8 Å². The number of nitrogens with one attached hydrogen (secondary N) is 1. The normalized spacial score (nSPS) is 11.2. The van der Waals surface area contributed by atoms with Gasteiger partial charge in [-0.2, -0.15) is 0 Å². The molecule has 0 spiro atoms. The van der Waals surface area contributed by atoms with Crippen molar-refractivity contribution in [3.8, 4) is 11.5 Å². The average molecular weight is 341 g/mol. The van der Waals surface area contributed by atoms with Crippen molar-refractivity contribution in [1.29, 1.82) is 0 Å². The number of benzene rings is 2. The van der Waals surface area contributed by atoms with E-state index in [0.29, 0.717) is 6.61 Å². The van der Waals surface area contributed by atoms with Gasteiger partial charge in [-0.3, -0.25) is 0 Å². The van der Waals surface area contributed by atoms with Crippen LogP contribution in [0.2, 0.25) is 0 Å². The van der Waals surface area contributed by atoms with Gasteiger partial charge in [0.15, 0.2) is 0 Å². The van der Waals surface area contributed by atoms with Crippen LogP contribution in [0.25, 0.3) is 0 Å². The first-order valence-corrected chi connectivity index (χ1v) is 9.19. The van der Waals surface area contributed by atoms with Crippen LogP contribution >= 0.6 is 0 Å². The van der Waals surface area contributed by atoms with Crippen molar-refractivity contribution >= 4 is 5.69 Å². The quantitative estimate of drug-likeness (QED) is 0.597. The van der Waals surface area contributed by atoms with Crippen LogP contribution in [-0.2, 0) is 5.41 Å². The van der Waals surface area contributed by atoms with Crippen molar-refractivity contribution in [2.75, 3.05) is 25.1 Å². The molecular formula is C22H31NO2. The molecule has 0 unspecified atom stereocenters. The van der Waals surface area contributed by atoms with E-state index in [9.17, 15) is 0 Å². The third-order valence-electron chi connectivity index (χ3n) is 4.05. The molecular weight excluding hydrogens is 310 g/mol. The standard InChI is InChI=1S/C22H31NO2/c1-5-6-16-25-21-10-8-7-9-20(21)23-15-17-24-19-13-11-18(12-14-19)22(2,3)4/h7-14,23H,5-6,15-17H2,1-4H3. The second-order valence-electron chi connectivity index (χ2n) is 7.25. The van der Waals surface area contributed by atoms with E-state index < -0.39 is 0 Å². The minimum Gasteiger partial charge on any atom is -0.492 e. The second-order valence-corrected chi connectivity index (χ2v) is 7.25. The van der Waals surface area contributed by atoms with E-state index in [-0.39, 0.29) is 5.41 Å². The molecule has 2 rings (SSSR count). The van der Waals surface area contributed by atoms with Crippen LogP contribution < -0.4 is 14.8 Å². The molecule has 0 radical (unpaired) electrons. The molecule has 0 atom stereocenters. The first kappa shape index (κ1) is 19.2. The maximum Gasteiger partial charge on any atom is 0.142 e. The van der Waals surface area contributed by atoms with Gasteiger partial charge in [0.25, 0.3) is 0 Å². The summed E-state index contributed by atoms with van der Waals surface area (Å²) >= 11 is 0. The highest BCUT2D eigenvalue weighted by Crippen LogP contribution is 2.25. The van der Waals surface area contributed by atoms with Gasteiger partial charge in [0.1, 0.15) is 18.1 Å². The first-order chi connectivity index (χ1) is 12.0. The molecule has 3 nitrogen and oxygen atoms in total. The Morgan fingerprint density at radius 1 is 0.880 bits per heavy atom. The molecule has 0 aliphatic heterocycles. The molecule has 0 aromatic heterocycles. The van der Waals surface area contributed by atoms with Gasteiger partial charge in [-0.05, 0) is 41.7 Å². The van der Waals surface area contributed by atoms with Crippen LogP contribution in [-0.4, -0.2) is 19.8 Å². The van der Waals surface area contributed by atoms with E-state index in [1.807, 2.05) is 36.4 Å². The largest absolute Gasteiger partial charge is 0.492 e. The van der Waals surface area contributed by atoms with Crippen LogP contribution in [0.4, 0.5) is 5.69 Å². The predicted octanol–water partition coefficient (Wildman–Crippen LogP) is 5.65. The lowest BCUT2D eigenvalue weighted by Crippen LogP contribution is -2.13. The van der Waals surface area contributed by atoms with Crippen LogP contribution in [0.15, 0.2) is 48.5 Å². The van der Waals surface area contributed by atoms with E-state index in [4.69, 9.17) is 9.47 Å². The van der Waals surface area contributed by atoms with Gasteiger partial charge in [0.2, 0.25) is 0 Å². The zero-order chi connectivity index (χ0) is 18.1. The Balaban J connectivity index is 1.79. The molecule has 0 fully saturated rings. The number of ether oxygens (including phenoxy) is 2. The Hall–Kier alpha value is -2.16. The molecule has 2 aromatic rings. The second kappa shape index (κ2) is 9.36. The van der Waals surface area contributed by atoms with Crippen molar-refractivity contribution in [1.82, 2.24) is 0 Å². The Bertz CT molecular complexity index is 629. The lowest BCUT2D eigenvalue weighted by atomic mass is 9.87. The number of rotatable bonds is 9. The molecule has 0 bridgehead atoms. The third-order valence-corrected chi connectivity index (χ3v) is 4.05. The minimum atomic E-state index is 0.168. The summed E-state index contributed by atoms with van der Waals surface area (Å²) in [5.41, 5.74) is 2.50. The summed E-state index contributed by atoms with van der Waals surface area (Å²) in [4.78, 5) is 0. The fourth-order valence-corrected chi connectivity index (χ4v) is 2.47. The Morgan fingerprint density at radius 3 is 2.28 bits per heavy atom. The highest BCUT2D eigenvalue weighted by atomic mass is 16.5. The summed E-state index contributed by atoms with van der Waals surface area (Å²) in [5, 5.41) is 3.40. The minimum absolute atomic E-state index is 0.168. The zero-order valence-electron chi connectivity index (χ0n) is 16.0. The van der Waals surface area contributed by atoms with Crippen molar-refractivity contribution in [3.05, 3.63) is 54.1 Å². The molecule has 0 heterocycles. The summed E-state index contributed by atoms with van der Waals surface area (Å²) in [6.45, 7) is 10.9. The van der Waals surface area contributed by atoms with Crippen LogP contribution in [0.1, 0.15) is 46.1 Å². The van der Waals surface area contributed by atoms with E-state index in [1.54, 1.807) is 0 Å². The van der Waals surface area contributed by atoms with Crippen molar-refractivity contribution < 1.29 is 9.47 Å². The Kier molecular flexibility index (Phi) is 7.17. The predicted molar refractivity (Wildman–Crippen MR) is 106 cm³/mol. The molecule has 136 valence electrons. The number of hydrogen-bond acceptors (Lipinski definition) is 3. The highest BCUT2D eigenvalue weighted by Gasteiger charge is 2.12. The molecule has 3 heteroatoms. The molecule has 0 saturated heterocycles. The van der Waals surface area contributed by atoms with Gasteiger partial charge in [0, 0.05) is 6.54 Å². The van der Waals surface area contributed by atoms with E-state index in [0.717, 1.165) is 43.2 Å². The fraction of sp³-hybridized carbons (Fsp3) is 0.455. The lowest BCUT2D eigenvalue weighted by Gasteiger charge is -2.19. The van der Waals surface area contributed by atoms with Crippen LogP contribution in [0, 0.1) is 0 Å². The van der Waals surface area contributed by atoms with Gasteiger partial charge in [-0.1, -0.05) is 58.4 Å². The molecule has 0 aliphatic rings. The van der Waals surface area contributed by atoms with E-state index in [1.165, 1.54) is 5.56 Å². The molecule has 2 aromatic carbocycles. The zero-order valence-corrected chi connectivity index (χ0v) is 16.0.